The molecule has 2 aromatic heterocycles. The van der Waals surface area contributed by atoms with Gasteiger partial charge < -0.3 is 15.6 Å². The Kier molecular flexibility index (Phi) is 6.57. The Morgan fingerprint density at radius 2 is 2.04 bits per heavy atom. The molecule has 0 aliphatic heterocycles. The minimum absolute atomic E-state index is 0.298. The monoisotopic (exact) mass is 321 g/mol. The minimum atomic E-state index is -0.731. The predicted octanol–water partition coefficient (Wildman–Crippen LogP) is 2.82. The SMILES string of the molecule is CC.CCOC(=O)c1cn2nc(CCC(C)(C)O)cc2cc1N. The highest BCUT2D eigenvalue weighted by atomic mass is 16.5. The third-order valence-corrected chi connectivity index (χ3v) is 3.17. The highest BCUT2D eigenvalue weighted by Gasteiger charge is 2.16. The molecule has 0 aliphatic carbocycles. The van der Waals surface area contributed by atoms with Crippen LogP contribution < -0.4 is 5.73 Å². The molecule has 0 saturated heterocycles. The van der Waals surface area contributed by atoms with Crippen molar-refractivity contribution >= 4 is 17.2 Å². The first kappa shape index (κ1) is 19.0. The highest BCUT2D eigenvalue weighted by molar-refractivity contribution is 5.95. The molecule has 0 unspecified atom stereocenters. The van der Waals surface area contributed by atoms with Crippen LogP contribution in [0.4, 0.5) is 5.69 Å². The fraction of sp³-hybridized carbons (Fsp3) is 0.529. The van der Waals surface area contributed by atoms with E-state index < -0.39 is 11.6 Å². The number of nitrogens with zero attached hydrogens (tertiary/aromatic N) is 2. The normalized spacial score (nSPS) is 11.0. The third kappa shape index (κ3) is 5.25. The first-order valence-corrected chi connectivity index (χ1v) is 7.97. The standard InChI is InChI=1S/C15H21N3O3.C2H6/c1-4-21-14(19)12-9-18-11(8-13(12)16)7-10(17-18)5-6-15(2,3)20;1-2/h7-9,20H,4-6,16H2,1-3H3;1-2H3. The summed E-state index contributed by atoms with van der Waals surface area (Å²) in [5, 5.41) is 14.2. The van der Waals surface area contributed by atoms with E-state index in [9.17, 15) is 9.90 Å². The summed E-state index contributed by atoms with van der Waals surface area (Å²) in [6.07, 6.45) is 2.84. The summed E-state index contributed by atoms with van der Waals surface area (Å²) in [6, 6.07) is 3.60. The zero-order valence-electron chi connectivity index (χ0n) is 14.6. The number of pyridine rings is 1. The molecule has 0 aromatic carbocycles. The van der Waals surface area contributed by atoms with Gasteiger partial charge in [0.05, 0.1) is 23.4 Å². The van der Waals surface area contributed by atoms with Gasteiger partial charge in [-0.25, -0.2) is 9.31 Å². The Labute approximate surface area is 137 Å². The van der Waals surface area contributed by atoms with Gasteiger partial charge in [-0.3, -0.25) is 0 Å². The van der Waals surface area contributed by atoms with E-state index in [1.165, 1.54) is 0 Å². The molecule has 128 valence electrons. The molecule has 2 heterocycles. The number of hydrogen-bond acceptors (Lipinski definition) is 5. The highest BCUT2D eigenvalue weighted by Crippen LogP contribution is 2.19. The van der Waals surface area contributed by atoms with Gasteiger partial charge in [-0.2, -0.15) is 5.10 Å². The van der Waals surface area contributed by atoms with E-state index in [0.29, 0.717) is 30.7 Å². The largest absolute Gasteiger partial charge is 0.462 e. The van der Waals surface area contributed by atoms with Crippen LogP contribution in [0, 0.1) is 0 Å². The van der Waals surface area contributed by atoms with E-state index in [1.54, 1.807) is 37.5 Å². The summed E-state index contributed by atoms with van der Waals surface area (Å²) in [7, 11) is 0. The Balaban J connectivity index is 0.00000127. The van der Waals surface area contributed by atoms with Gasteiger partial charge in [0.15, 0.2) is 0 Å². The molecule has 2 aromatic rings. The van der Waals surface area contributed by atoms with Crippen molar-refractivity contribution in [2.45, 2.75) is 53.1 Å². The summed E-state index contributed by atoms with van der Waals surface area (Å²) in [5.41, 5.74) is 7.49. The Bertz CT molecular complexity index is 657. The summed E-state index contributed by atoms with van der Waals surface area (Å²) >= 11 is 0. The van der Waals surface area contributed by atoms with Crippen molar-refractivity contribution in [3.8, 4) is 0 Å². The van der Waals surface area contributed by atoms with Crippen molar-refractivity contribution in [2.75, 3.05) is 12.3 Å². The molecule has 0 fully saturated rings. The number of anilines is 1. The Morgan fingerprint density at radius 1 is 1.39 bits per heavy atom. The number of aliphatic hydroxyl groups is 1. The number of carbonyl (C=O) groups is 1. The fourth-order valence-corrected chi connectivity index (χ4v) is 2.04. The van der Waals surface area contributed by atoms with Gasteiger partial charge >= 0.3 is 5.97 Å². The van der Waals surface area contributed by atoms with Crippen molar-refractivity contribution in [2.24, 2.45) is 0 Å². The number of nitrogens with two attached hydrogens (primary N) is 1. The smallest absolute Gasteiger partial charge is 0.341 e. The predicted molar refractivity (Wildman–Crippen MR) is 91.5 cm³/mol. The van der Waals surface area contributed by atoms with Crippen LogP contribution in [0.3, 0.4) is 0 Å². The summed E-state index contributed by atoms with van der Waals surface area (Å²) < 4.78 is 6.58. The van der Waals surface area contributed by atoms with Crippen molar-refractivity contribution in [3.05, 3.63) is 29.6 Å². The maximum atomic E-state index is 11.8. The van der Waals surface area contributed by atoms with Gasteiger partial charge in [0.25, 0.3) is 0 Å². The molecular formula is C17H27N3O3. The van der Waals surface area contributed by atoms with Gasteiger partial charge in [-0.15, -0.1) is 0 Å². The average molecular weight is 321 g/mol. The molecule has 6 nitrogen and oxygen atoms in total. The average Bonchev–Trinajstić information content (AvgIpc) is 2.87. The van der Waals surface area contributed by atoms with Gasteiger partial charge in [0, 0.05) is 11.9 Å². The van der Waals surface area contributed by atoms with Crippen molar-refractivity contribution in [1.82, 2.24) is 9.61 Å². The zero-order chi connectivity index (χ0) is 17.6. The van der Waals surface area contributed by atoms with Crippen molar-refractivity contribution in [3.63, 3.8) is 0 Å². The van der Waals surface area contributed by atoms with Crippen LogP contribution >= 0.6 is 0 Å². The first-order valence-electron chi connectivity index (χ1n) is 7.97. The summed E-state index contributed by atoms with van der Waals surface area (Å²) in [5.74, 6) is -0.453. The molecule has 0 bridgehead atoms. The molecule has 3 N–H and O–H groups in total. The topological polar surface area (TPSA) is 89.8 Å². The number of rotatable bonds is 5. The van der Waals surface area contributed by atoms with Crippen LogP contribution in [0.1, 0.15) is 57.1 Å². The molecule has 2 rings (SSSR count). The molecule has 0 spiro atoms. The lowest BCUT2D eigenvalue weighted by atomic mass is 10.0. The van der Waals surface area contributed by atoms with Crippen molar-refractivity contribution < 1.29 is 14.6 Å². The Hall–Kier alpha value is -2.08. The van der Waals surface area contributed by atoms with Crippen LogP contribution in [-0.4, -0.2) is 32.9 Å². The first-order chi connectivity index (χ1) is 10.8. The number of hydrogen-bond donors (Lipinski definition) is 2. The summed E-state index contributed by atoms with van der Waals surface area (Å²) in [6.45, 7) is 9.57. The number of fused-ring (bicyclic) bond motifs is 1. The quantitative estimate of drug-likeness (QED) is 0.827. The molecule has 0 aliphatic rings. The third-order valence-electron chi connectivity index (χ3n) is 3.17. The molecular weight excluding hydrogens is 294 g/mol. The second-order valence-electron chi connectivity index (χ2n) is 5.68. The van der Waals surface area contributed by atoms with E-state index in [1.807, 2.05) is 19.9 Å². The number of nitrogen functional groups attached to an aromatic ring is 1. The Morgan fingerprint density at radius 3 is 2.61 bits per heavy atom. The maximum Gasteiger partial charge on any atom is 0.341 e. The fourth-order valence-electron chi connectivity index (χ4n) is 2.04. The van der Waals surface area contributed by atoms with Crippen LogP contribution in [-0.2, 0) is 11.2 Å². The second kappa shape index (κ2) is 7.97. The minimum Gasteiger partial charge on any atom is -0.462 e. The van der Waals surface area contributed by atoms with E-state index >= 15 is 0 Å². The van der Waals surface area contributed by atoms with E-state index in [0.717, 1.165) is 11.2 Å². The number of ether oxygens (including phenoxy) is 1. The van der Waals surface area contributed by atoms with Crippen LogP contribution in [0.5, 0.6) is 0 Å². The number of carbonyl (C=O) groups excluding carboxylic acids is 1. The summed E-state index contributed by atoms with van der Waals surface area (Å²) in [4.78, 5) is 11.8. The number of aryl methyl sites for hydroxylation is 1. The number of aromatic nitrogens is 2. The van der Waals surface area contributed by atoms with E-state index in [2.05, 4.69) is 5.10 Å². The van der Waals surface area contributed by atoms with Gasteiger partial charge in [0.2, 0.25) is 0 Å². The van der Waals surface area contributed by atoms with Crippen LogP contribution in [0.2, 0.25) is 0 Å². The van der Waals surface area contributed by atoms with Gasteiger partial charge in [0.1, 0.15) is 5.56 Å². The lowest BCUT2D eigenvalue weighted by Gasteiger charge is -2.15. The lowest BCUT2D eigenvalue weighted by Crippen LogP contribution is -2.19. The zero-order valence-corrected chi connectivity index (χ0v) is 14.6. The molecule has 23 heavy (non-hydrogen) atoms. The van der Waals surface area contributed by atoms with Gasteiger partial charge in [-0.05, 0) is 45.7 Å². The van der Waals surface area contributed by atoms with Gasteiger partial charge in [-0.1, -0.05) is 13.8 Å². The molecule has 0 radical (unpaired) electrons. The second-order valence-corrected chi connectivity index (χ2v) is 5.68. The molecule has 0 atom stereocenters. The number of esters is 1. The van der Waals surface area contributed by atoms with Crippen LogP contribution in [0.15, 0.2) is 18.3 Å². The molecule has 0 amide bonds. The van der Waals surface area contributed by atoms with E-state index in [4.69, 9.17) is 10.5 Å². The molecule has 6 heteroatoms. The lowest BCUT2D eigenvalue weighted by molar-refractivity contribution is 0.0526. The van der Waals surface area contributed by atoms with Crippen molar-refractivity contribution in [1.29, 1.82) is 0 Å². The van der Waals surface area contributed by atoms with Crippen LogP contribution in [0.25, 0.3) is 5.52 Å². The van der Waals surface area contributed by atoms with E-state index in [-0.39, 0.29) is 0 Å². The molecule has 0 saturated carbocycles. The maximum absolute atomic E-state index is 11.8.